The minimum absolute atomic E-state index is 0.197. The van der Waals surface area contributed by atoms with Gasteiger partial charge in [0.2, 0.25) is 0 Å². The molecule has 0 amide bonds. The summed E-state index contributed by atoms with van der Waals surface area (Å²) in [5.74, 6) is 0. The van der Waals surface area contributed by atoms with Crippen LogP contribution in [0.1, 0.15) is 36.8 Å². The Balaban J connectivity index is 2.12. The average Bonchev–Trinajstić information content (AvgIpc) is 2.97. The molecule has 90 valence electrons. The molecule has 2 heteroatoms. The first-order valence-electron chi connectivity index (χ1n) is 6.48. The number of fused-ring (bicyclic) bond motifs is 2. The Bertz CT molecular complexity index is 458. The van der Waals surface area contributed by atoms with E-state index in [0.29, 0.717) is 6.54 Å². The molecule has 0 aromatic heterocycles. The van der Waals surface area contributed by atoms with Crippen LogP contribution in [0.5, 0.6) is 0 Å². The average molecular weight is 229 g/mol. The van der Waals surface area contributed by atoms with Gasteiger partial charge in [-0.25, -0.2) is 0 Å². The summed E-state index contributed by atoms with van der Waals surface area (Å²) in [7, 11) is 0. The Kier molecular flexibility index (Phi) is 2.57. The lowest BCUT2D eigenvalue weighted by Gasteiger charge is -2.22. The van der Waals surface area contributed by atoms with Crippen LogP contribution in [-0.4, -0.2) is 17.8 Å². The van der Waals surface area contributed by atoms with Gasteiger partial charge in [-0.05, 0) is 29.5 Å². The van der Waals surface area contributed by atoms with Crippen molar-refractivity contribution in [1.29, 1.82) is 0 Å². The van der Waals surface area contributed by atoms with Crippen molar-refractivity contribution >= 4 is 5.57 Å². The van der Waals surface area contributed by atoms with E-state index in [4.69, 9.17) is 5.73 Å². The van der Waals surface area contributed by atoms with E-state index in [1.807, 2.05) is 6.07 Å². The van der Waals surface area contributed by atoms with Gasteiger partial charge < -0.3 is 10.8 Å². The molecule has 1 unspecified atom stereocenters. The molecule has 1 aromatic rings. The van der Waals surface area contributed by atoms with Crippen LogP contribution in [0, 0.1) is 0 Å². The van der Waals surface area contributed by atoms with Crippen LogP contribution in [0.2, 0.25) is 0 Å². The largest absolute Gasteiger partial charge is 0.387 e. The van der Waals surface area contributed by atoms with Gasteiger partial charge in [-0.2, -0.15) is 0 Å². The first-order valence-corrected chi connectivity index (χ1v) is 6.48. The first-order chi connectivity index (χ1) is 8.27. The van der Waals surface area contributed by atoms with E-state index in [2.05, 4.69) is 24.3 Å². The molecule has 3 rings (SSSR count). The molecule has 1 fully saturated rings. The molecule has 0 bridgehead atoms. The van der Waals surface area contributed by atoms with Gasteiger partial charge in [0.1, 0.15) is 0 Å². The van der Waals surface area contributed by atoms with E-state index in [1.165, 1.54) is 36.8 Å². The summed E-state index contributed by atoms with van der Waals surface area (Å²) in [6.07, 6.45) is 6.78. The summed E-state index contributed by atoms with van der Waals surface area (Å²) in [6, 6.07) is 8.48. The van der Waals surface area contributed by atoms with Gasteiger partial charge in [-0.15, -0.1) is 0 Å². The zero-order valence-corrected chi connectivity index (χ0v) is 10.0. The van der Waals surface area contributed by atoms with Crippen molar-refractivity contribution in [3.05, 3.63) is 41.5 Å². The number of allylic oxidation sites excluding steroid dienone is 1. The van der Waals surface area contributed by atoms with Gasteiger partial charge >= 0.3 is 0 Å². The predicted octanol–water partition coefficient (Wildman–Crippen LogP) is 2.21. The Morgan fingerprint density at radius 3 is 2.65 bits per heavy atom. The maximum atomic E-state index is 10.1. The number of nitrogens with two attached hydrogens (primary N) is 1. The van der Waals surface area contributed by atoms with Gasteiger partial charge in [0, 0.05) is 12.0 Å². The minimum atomic E-state index is -0.517. The van der Waals surface area contributed by atoms with Gasteiger partial charge in [0.15, 0.2) is 0 Å². The van der Waals surface area contributed by atoms with Crippen molar-refractivity contribution in [2.24, 2.45) is 5.73 Å². The summed E-state index contributed by atoms with van der Waals surface area (Å²) in [5, 5.41) is 10.1. The fraction of sp³-hybridized carbons (Fsp3) is 0.467. The number of rotatable bonds is 2. The SMILES string of the molecule is NCC(O)C1=CC2(CCCC2)c2ccccc21. The molecule has 2 aliphatic rings. The normalized spacial score (nSPS) is 22.6. The smallest absolute Gasteiger partial charge is 0.0915 e. The standard InChI is InChI=1S/C15H19NO/c16-10-14(17)12-9-15(7-3-4-8-15)13-6-2-1-5-11(12)13/h1-2,5-6,9,14,17H,3-4,7-8,10,16H2. The van der Waals surface area contributed by atoms with Gasteiger partial charge in [-0.1, -0.05) is 43.2 Å². The highest BCUT2D eigenvalue weighted by atomic mass is 16.3. The molecule has 0 saturated heterocycles. The fourth-order valence-electron chi connectivity index (χ4n) is 3.44. The summed E-state index contributed by atoms with van der Waals surface area (Å²) in [4.78, 5) is 0. The Hall–Kier alpha value is -1.12. The summed E-state index contributed by atoms with van der Waals surface area (Å²) in [5.41, 5.74) is 9.47. The third kappa shape index (κ3) is 1.55. The predicted molar refractivity (Wildman–Crippen MR) is 69.6 cm³/mol. The fourth-order valence-corrected chi connectivity index (χ4v) is 3.44. The van der Waals surface area contributed by atoms with E-state index in [0.717, 1.165) is 5.57 Å². The number of hydrogen-bond acceptors (Lipinski definition) is 2. The number of aliphatic hydroxyl groups excluding tert-OH is 1. The number of hydrogen-bond donors (Lipinski definition) is 2. The molecular formula is C15H19NO. The van der Waals surface area contributed by atoms with Crippen molar-refractivity contribution < 1.29 is 5.11 Å². The molecule has 2 nitrogen and oxygen atoms in total. The molecule has 0 aliphatic heterocycles. The molecule has 1 atom stereocenters. The first kappa shape index (κ1) is 11.0. The second-order valence-corrected chi connectivity index (χ2v) is 5.26. The minimum Gasteiger partial charge on any atom is -0.387 e. The molecule has 2 aliphatic carbocycles. The summed E-state index contributed by atoms with van der Waals surface area (Å²) < 4.78 is 0. The molecule has 17 heavy (non-hydrogen) atoms. The lowest BCUT2D eigenvalue weighted by Crippen LogP contribution is -2.20. The van der Waals surface area contributed by atoms with Crippen LogP contribution in [0.15, 0.2) is 30.3 Å². The van der Waals surface area contributed by atoms with E-state index < -0.39 is 6.10 Å². The molecule has 1 saturated carbocycles. The monoisotopic (exact) mass is 229 g/mol. The van der Waals surface area contributed by atoms with Crippen LogP contribution in [0.3, 0.4) is 0 Å². The van der Waals surface area contributed by atoms with Gasteiger partial charge in [0.25, 0.3) is 0 Å². The second kappa shape index (κ2) is 3.97. The van der Waals surface area contributed by atoms with Crippen molar-refractivity contribution in [2.75, 3.05) is 6.54 Å². The van der Waals surface area contributed by atoms with Crippen LogP contribution < -0.4 is 5.73 Å². The maximum absolute atomic E-state index is 10.1. The lowest BCUT2D eigenvalue weighted by atomic mass is 9.81. The van der Waals surface area contributed by atoms with Crippen molar-refractivity contribution in [1.82, 2.24) is 0 Å². The molecule has 0 radical (unpaired) electrons. The highest BCUT2D eigenvalue weighted by molar-refractivity contribution is 5.79. The zero-order chi connectivity index (χ0) is 11.9. The topological polar surface area (TPSA) is 46.2 Å². The van der Waals surface area contributed by atoms with E-state index >= 15 is 0 Å². The zero-order valence-electron chi connectivity index (χ0n) is 10.0. The molecule has 0 heterocycles. The maximum Gasteiger partial charge on any atom is 0.0915 e. The third-order valence-corrected chi connectivity index (χ3v) is 4.28. The van der Waals surface area contributed by atoms with Crippen LogP contribution in [0.4, 0.5) is 0 Å². The van der Waals surface area contributed by atoms with Gasteiger partial charge in [-0.3, -0.25) is 0 Å². The van der Waals surface area contributed by atoms with Crippen LogP contribution in [-0.2, 0) is 5.41 Å². The van der Waals surface area contributed by atoms with Crippen molar-refractivity contribution in [3.8, 4) is 0 Å². The Labute approximate surface area is 102 Å². The molecule has 1 aromatic carbocycles. The Morgan fingerprint density at radius 1 is 1.24 bits per heavy atom. The summed E-state index contributed by atoms with van der Waals surface area (Å²) in [6.45, 7) is 0.302. The molecule has 1 spiro atoms. The van der Waals surface area contributed by atoms with Crippen molar-refractivity contribution in [3.63, 3.8) is 0 Å². The second-order valence-electron chi connectivity index (χ2n) is 5.26. The van der Waals surface area contributed by atoms with Gasteiger partial charge in [0.05, 0.1) is 6.10 Å². The number of benzene rings is 1. The molecular weight excluding hydrogens is 210 g/mol. The lowest BCUT2D eigenvalue weighted by molar-refractivity contribution is 0.240. The van der Waals surface area contributed by atoms with Crippen LogP contribution >= 0.6 is 0 Å². The van der Waals surface area contributed by atoms with Crippen LogP contribution in [0.25, 0.3) is 5.57 Å². The highest BCUT2D eigenvalue weighted by Gasteiger charge is 2.41. The number of aliphatic hydroxyl groups is 1. The summed E-state index contributed by atoms with van der Waals surface area (Å²) >= 11 is 0. The molecule has 3 N–H and O–H groups in total. The van der Waals surface area contributed by atoms with E-state index in [9.17, 15) is 5.11 Å². The van der Waals surface area contributed by atoms with E-state index in [1.54, 1.807) is 0 Å². The third-order valence-electron chi connectivity index (χ3n) is 4.28. The Morgan fingerprint density at radius 2 is 1.94 bits per heavy atom. The highest BCUT2D eigenvalue weighted by Crippen LogP contribution is 2.50. The quantitative estimate of drug-likeness (QED) is 0.816. The van der Waals surface area contributed by atoms with E-state index in [-0.39, 0.29) is 5.41 Å². The van der Waals surface area contributed by atoms with Crippen molar-refractivity contribution in [2.45, 2.75) is 37.2 Å².